The van der Waals surface area contributed by atoms with E-state index in [1.807, 2.05) is 73.7 Å². The molecule has 4 aromatic heterocycles. The third-order valence-electron chi connectivity index (χ3n) is 38.9. The zero-order chi connectivity index (χ0) is 103. The maximum atomic E-state index is 15.0. The number of para-hydroxylation sites is 1. The van der Waals surface area contributed by atoms with E-state index in [-0.39, 0.29) is 128 Å². The van der Waals surface area contributed by atoms with Gasteiger partial charge in [-0.1, -0.05) is 103 Å². The molecule has 16 bridgehead atoms. The van der Waals surface area contributed by atoms with Gasteiger partial charge in [0.1, 0.15) is 29.1 Å². The van der Waals surface area contributed by atoms with Crippen LogP contribution < -0.4 is 28.3 Å². The van der Waals surface area contributed by atoms with Gasteiger partial charge in [0, 0.05) is 79.7 Å². The van der Waals surface area contributed by atoms with Crippen molar-refractivity contribution in [1.29, 1.82) is 0 Å². The summed E-state index contributed by atoms with van der Waals surface area (Å²) in [6.07, 6.45) is 32.5. The van der Waals surface area contributed by atoms with Gasteiger partial charge in [-0.2, -0.15) is 39.4 Å². The van der Waals surface area contributed by atoms with Crippen molar-refractivity contribution < 1.29 is 76.0 Å². The van der Waals surface area contributed by atoms with Crippen LogP contribution in [0.5, 0.6) is 0 Å². The molecule has 0 radical (unpaired) electrons. The highest BCUT2D eigenvalue weighted by atomic mass is 32.2. The lowest BCUT2D eigenvalue weighted by atomic mass is 9.44. The largest absolute Gasteiger partial charge is 0.392 e. The van der Waals surface area contributed by atoms with Crippen molar-refractivity contribution in [3.8, 4) is 45.0 Å². The number of anilines is 3. The molecule has 16 saturated carbocycles. The maximum absolute atomic E-state index is 15.0. The van der Waals surface area contributed by atoms with E-state index < -0.39 is 70.7 Å². The molecule has 35 heteroatoms. The van der Waals surface area contributed by atoms with Gasteiger partial charge in [0.25, 0.3) is 30.6 Å². The highest BCUT2D eigenvalue weighted by molar-refractivity contribution is 7.91. The van der Waals surface area contributed by atoms with Crippen LogP contribution in [0.2, 0.25) is 0 Å². The smallest absolute Gasteiger partial charge is 0.299 e. The van der Waals surface area contributed by atoms with E-state index in [0.29, 0.717) is 118 Å². The molecule has 10 N–H and O–H groups in total. The molecule has 12 aromatic rings. The molecule has 150 heavy (non-hydrogen) atoms. The van der Waals surface area contributed by atoms with Gasteiger partial charge in [-0.15, -0.1) is 0 Å². The number of fused-ring (bicyclic) bond motifs is 12. The van der Waals surface area contributed by atoms with E-state index in [9.17, 15) is 76.0 Å². The number of nitrogens with one attached hydrogen (secondary N) is 6. The number of aliphatic hydroxyl groups excluding tert-OH is 4. The van der Waals surface area contributed by atoms with Crippen LogP contribution in [-0.4, -0.2) is 141 Å². The van der Waals surface area contributed by atoms with Gasteiger partial charge in [0.15, 0.2) is 9.84 Å². The Hall–Kier alpha value is -10.8. The Morgan fingerprint density at radius 2 is 0.593 bits per heavy atom. The molecule has 16 aliphatic carbocycles. The zero-order valence-corrected chi connectivity index (χ0v) is 86.6. The van der Waals surface area contributed by atoms with Crippen molar-refractivity contribution in [2.75, 3.05) is 19.9 Å². The third-order valence-corrected chi connectivity index (χ3v) is 43.9. The lowest BCUT2D eigenvalue weighted by Gasteiger charge is -2.62. The van der Waals surface area contributed by atoms with E-state index in [0.717, 1.165) is 179 Å². The molecule has 788 valence electrons. The van der Waals surface area contributed by atoms with E-state index in [2.05, 4.69) is 48.3 Å². The minimum atomic E-state index is -3.85. The van der Waals surface area contributed by atoms with Crippen LogP contribution in [0.1, 0.15) is 213 Å². The highest BCUT2D eigenvalue weighted by Gasteiger charge is 2.64. The van der Waals surface area contributed by atoms with Gasteiger partial charge in [-0.25, -0.2) is 50.3 Å². The van der Waals surface area contributed by atoms with E-state index in [1.165, 1.54) is 48.5 Å². The number of halogens is 5. The number of hydrogen-bond donors (Lipinski definition) is 10. The van der Waals surface area contributed by atoms with Crippen LogP contribution >= 0.6 is 0 Å². The van der Waals surface area contributed by atoms with Gasteiger partial charge in [0.05, 0.1) is 132 Å². The highest BCUT2D eigenvalue weighted by Crippen LogP contribution is 2.69. The number of aromatic nitrogens is 8. The molecule has 8 aromatic carbocycles. The fourth-order valence-electron chi connectivity index (χ4n) is 33.7. The summed E-state index contributed by atoms with van der Waals surface area (Å²) in [6.45, 7) is 1.96. The molecule has 4 aliphatic heterocycles. The predicted octanol–water partition coefficient (Wildman–Crippen LogP) is 19.6. The summed E-state index contributed by atoms with van der Waals surface area (Å²) in [5.41, 5.74) is 11.0. The fourth-order valence-corrected chi connectivity index (χ4v) is 38.8. The Bertz CT molecular complexity index is 7350. The third kappa shape index (κ3) is 18.1. The molecule has 26 nitrogen and oxygen atoms in total. The van der Waals surface area contributed by atoms with E-state index >= 15 is 0 Å². The van der Waals surface area contributed by atoms with Gasteiger partial charge in [0.2, 0.25) is 0 Å². The monoisotopic (exact) mass is 2120 g/mol. The minimum Gasteiger partial charge on any atom is -0.392 e. The van der Waals surface area contributed by atoms with Gasteiger partial charge >= 0.3 is 0 Å². The van der Waals surface area contributed by atoms with Crippen molar-refractivity contribution in [1.82, 2.24) is 52.4 Å². The molecule has 0 spiro atoms. The standard InChI is InChI=1S/C30H33FN2O3S.C29H33FN4O3S.C28H30F2N4O3S.C28H31FN4O3S/c31-25-8-4-7-24-27-17-32-18-33(27)26(29(24)25)13-28(34)30-14-19-11-20(15-30)23(21(12-19)16-30)9-10-37(35,36)22-5-2-1-3-6-22;1-17-5-7-21(8-6-17)32-38(36,37)33-28-19-9-18-10-20(28)14-29(12-18,13-19)26(35)11-24-27-22(3-2-4-23(27)30)25-15-31-16-34(24)25;29-19-4-6-20(7-5-19)32-38(36,37)33-27-17-8-16-9-18(27)13-28(11-16,12-17)25(35)10-23-26-21(2-1-3-22(26)30)24-14-31-15-34(23)24;29-22-8-4-7-21-24-15-30-16-33(24)23(26(21)22)11-25(34)28-12-17-9-18(13-28)27(19(10-17)14-28)32-37(35,36)31-20-5-2-1-3-6-20/h1-8,17-21,23,26,28,34H,9-16H2;2-8,15-16,18-20,24,26,28,32-33,35H,9-14H2,1H3;1-7,14-18,23,25,27,32-33,35H,8-13H2;1-8,15-19,23,25,27,31-32,34H,9-14H2. The fraction of sp³-hybridized carbons (Fsp3) is 0.478. The molecule has 0 saturated heterocycles. The van der Waals surface area contributed by atoms with Crippen LogP contribution in [0, 0.1) is 135 Å². The number of sulfone groups is 1. The minimum absolute atomic E-state index is 0.122. The first-order chi connectivity index (χ1) is 72.1. The molecule has 16 atom stereocenters. The van der Waals surface area contributed by atoms with Crippen molar-refractivity contribution in [2.24, 2.45) is 98.6 Å². The predicted molar refractivity (Wildman–Crippen MR) is 559 cm³/mol. The van der Waals surface area contributed by atoms with Crippen molar-refractivity contribution >= 4 is 57.5 Å². The zero-order valence-electron chi connectivity index (χ0n) is 83.3. The van der Waals surface area contributed by atoms with Gasteiger partial charge in [-0.05, 0) is 351 Å². The number of imidazole rings is 4. The number of rotatable bonds is 28. The van der Waals surface area contributed by atoms with E-state index in [4.69, 9.17) is 0 Å². The molecule has 16 unspecified atom stereocenters. The van der Waals surface area contributed by atoms with Gasteiger partial charge in [-0.3, -0.25) is 14.2 Å². The number of nitrogens with zero attached hydrogens (tertiary/aromatic N) is 8. The maximum Gasteiger partial charge on any atom is 0.299 e. The first-order valence-corrected chi connectivity index (χ1v) is 59.7. The number of benzene rings is 8. The summed E-state index contributed by atoms with van der Waals surface area (Å²) in [5.74, 6) is 3.12. The van der Waals surface area contributed by atoms with Crippen molar-refractivity contribution in [3.05, 3.63) is 289 Å². The second-order valence-corrected chi connectivity index (χ2v) is 54.0. The Morgan fingerprint density at radius 1 is 0.327 bits per heavy atom. The SMILES string of the molecule is Cc1ccc(NS(=O)(=O)NC2C3CC4CC2CC(C(O)CC2c5c(F)cccc5-c5cncn52)(C4)C3)cc1.O=S(=O)(CCC1C2CC3CC1CC(C(O)CC1c4c(F)cccc4-c4cncn41)(C3)C2)c1ccccc1.O=S(=O)(Nc1ccc(F)cc1)NC1C2CC3CC1CC(C(O)CC1c4c(F)cccc4-c4cncn41)(C3)C2.O=S(=O)(Nc1ccccc1)NC1C2CC3CC1CC(C(O)CC1c4c(F)cccc4-c4cncn41)(C3)C2. The van der Waals surface area contributed by atoms with Crippen LogP contribution in [0.25, 0.3) is 45.0 Å². The van der Waals surface area contributed by atoms with Crippen LogP contribution in [0.15, 0.2) is 237 Å². The second-order valence-electron chi connectivity index (χ2n) is 47.5. The Balaban J connectivity index is 0.000000104. The molecule has 20 aliphatic rings. The van der Waals surface area contributed by atoms with Gasteiger partial charge < -0.3 is 38.7 Å². The Labute approximate surface area is 871 Å². The topological polar surface area (TPSA) is 361 Å². The lowest BCUT2D eigenvalue weighted by Crippen LogP contribution is -2.62. The Kier molecular flexibility index (Phi) is 25.4. The molecule has 0 amide bonds. The number of aliphatic hydroxyl groups is 4. The summed E-state index contributed by atoms with van der Waals surface area (Å²) in [4.78, 5) is 17.6. The van der Waals surface area contributed by atoms with Crippen LogP contribution in [0.4, 0.5) is 39.0 Å². The van der Waals surface area contributed by atoms with Crippen LogP contribution in [-0.2, 0) is 40.5 Å². The summed E-state index contributed by atoms with van der Waals surface area (Å²) in [6, 6.07) is 49.1. The lowest BCUT2D eigenvalue weighted by molar-refractivity contribution is -0.150. The number of aryl methyl sites for hydroxylation is 1. The molecule has 8 heterocycles. The average molecular weight is 2120 g/mol. The quantitative estimate of drug-likeness (QED) is 0.0204. The van der Waals surface area contributed by atoms with Crippen molar-refractivity contribution in [2.45, 2.75) is 239 Å². The number of hydrogen-bond acceptors (Lipinski definition) is 16. The first kappa shape index (κ1) is 99.8. The first-order valence-electron chi connectivity index (χ1n) is 53.6. The second kappa shape index (κ2) is 38.1. The van der Waals surface area contributed by atoms with Crippen molar-refractivity contribution in [3.63, 3.8) is 0 Å². The Morgan fingerprint density at radius 3 is 0.893 bits per heavy atom. The van der Waals surface area contributed by atoms with Crippen LogP contribution in [0.3, 0.4) is 0 Å². The molecular formula is C115H127F5N14O12S4. The summed E-state index contributed by atoms with van der Waals surface area (Å²) >= 11 is 0. The summed E-state index contributed by atoms with van der Waals surface area (Å²) in [7, 11) is -14.6. The molecule has 16 fully saturated rings. The normalized spacial score (nSPS) is 32.0. The molecular weight excluding hydrogens is 1990 g/mol. The molecule has 32 rings (SSSR count). The van der Waals surface area contributed by atoms with E-state index in [1.54, 1.807) is 135 Å². The summed E-state index contributed by atoms with van der Waals surface area (Å²) < 4.78 is 202. The average Bonchev–Trinajstić information content (AvgIpc) is 1.20. The summed E-state index contributed by atoms with van der Waals surface area (Å²) in [5, 5.41) is 47.1.